The summed E-state index contributed by atoms with van der Waals surface area (Å²) in [5.74, 6) is 1.26. The Kier molecular flexibility index (Phi) is 5.18. The van der Waals surface area contributed by atoms with E-state index >= 15 is 0 Å². The van der Waals surface area contributed by atoms with E-state index in [0.717, 1.165) is 26.1 Å². The van der Waals surface area contributed by atoms with E-state index in [0.29, 0.717) is 11.7 Å². The first-order valence-electron chi connectivity index (χ1n) is 7.14. The average Bonchev–Trinajstić information content (AvgIpc) is 2.48. The first kappa shape index (κ1) is 16.2. The SMILES string of the molecule is CC(Nc1ccc(S(=O)(=O)N(C)C)cn1)C1CCOCC1. The van der Waals surface area contributed by atoms with Crippen LogP contribution in [0.5, 0.6) is 0 Å². The molecule has 1 aliphatic heterocycles. The second-order valence-corrected chi connectivity index (χ2v) is 7.70. The third-order valence-corrected chi connectivity index (χ3v) is 5.66. The minimum atomic E-state index is -3.42. The smallest absolute Gasteiger partial charge is 0.244 e. The third kappa shape index (κ3) is 3.93. The van der Waals surface area contributed by atoms with Gasteiger partial charge >= 0.3 is 0 Å². The van der Waals surface area contributed by atoms with E-state index in [-0.39, 0.29) is 10.9 Å². The maximum atomic E-state index is 12.0. The Morgan fingerprint density at radius 1 is 1.33 bits per heavy atom. The molecular formula is C14H23N3O3S. The standard InChI is InChI=1S/C14H23N3O3S/c1-11(12-6-8-20-9-7-12)16-14-5-4-13(10-15-14)21(18,19)17(2)3/h4-5,10-12H,6-9H2,1-3H3,(H,15,16). The van der Waals surface area contributed by atoms with Crippen molar-refractivity contribution in [3.8, 4) is 0 Å². The number of aromatic nitrogens is 1. The van der Waals surface area contributed by atoms with Gasteiger partial charge in [-0.25, -0.2) is 17.7 Å². The van der Waals surface area contributed by atoms with Crippen LogP contribution in [-0.2, 0) is 14.8 Å². The van der Waals surface area contributed by atoms with E-state index in [9.17, 15) is 8.42 Å². The molecule has 0 amide bonds. The highest BCUT2D eigenvalue weighted by molar-refractivity contribution is 7.89. The molecule has 1 aromatic rings. The highest BCUT2D eigenvalue weighted by Gasteiger charge is 2.21. The summed E-state index contributed by atoms with van der Waals surface area (Å²) in [5, 5.41) is 3.34. The quantitative estimate of drug-likeness (QED) is 0.893. The monoisotopic (exact) mass is 313 g/mol. The zero-order valence-electron chi connectivity index (χ0n) is 12.7. The van der Waals surface area contributed by atoms with Crippen LogP contribution in [0.15, 0.2) is 23.2 Å². The van der Waals surface area contributed by atoms with E-state index in [1.54, 1.807) is 12.1 Å². The predicted molar refractivity (Wildman–Crippen MR) is 81.7 cm³/mol. The topological polar surface area (TPSA) is 71.5 Å². The fraction of sp³-hybridized carbons (Fsp3) is 0.643. The fourth-order valence-electron chi connectivity index (χ4n) is 2.40. The molecule has 1 atom stereocenters. The summed E-state index contributed by atoms with van der Waals surface area (Å²) in [6, 6.07) is 3.59. The lowest BCUT2D eigenvalue weighted by molar-refractivity contribution is 0.0622. The number of rotatable bonds is 5. The Hall–Kier alpha value is -1.18. The molecular weight excluding hydrogens is 290 g/mol. The van der Waals surface area contributed by atoms with Crippen molar-refractivity contribution >= 4 is 15.8 Å². The fourth-order valence-corrected chi connectivity index (χ4v) is 3.24. The molecule has 0 aliphatic carbocycles. The van der Waals surface area contributed by atoms with Gasteiger partial charge in [0.1, 0.15) is 10.7 Å². The van der Waals surface area contributed by atoms with E-state index in [2.05, 4.69) is 17.2 Å². The molecule has 0 spiro atoms. The highest BCUT2D eigenvalue weighted by atomic mass is 32.2. The summed E-state index contributed by atoms with van der Waals surface area (Å²) in [6.07, 6.45) is 3.48. The van der Waals surface area contributed by atoms with Crippen LogP contribution in [0.2, 0.25) is 0 Å². The Morgan fingerprint density at radius 3 is 2.52 bits per heavy atom. The zero-order valence-corrected chi connectivity index (χ0v) is 13.6. The van der Waals surface area contributed by atoms with Gasteiger partial charge in [-0.05, 0) is 37.8 Å². The first-order valence-corrected chi connectivity index (χ1v) is 8.58. The minimum Gasteiger partial charge on any atom is -0.381 e. The van der Waals surface area contributed by atoms with Gasteiger partial charge in [0.15, 0.2) is 0 Å². The Balaban J connectivity index is 2.02. The Bertz CT molecular complexity index is 551. The molecule has 0 aromatic carbocycles. The largest absolute Gasteiger partial charge is 0.381 e. The molecule has 1 fully saturated rings. The zero-order chi connectivity index (χ0) is 15.5. The van der Waals surface area contributed by atoms with Crippen LogP contribution in [-0.4, -0.2) is 51.1 Å². The molecule has 0 saturated carbocycles. The highest BCUT2D eigenvalue weighted by Crippen LogP contribution is 2.21. The minimum absolute atomic E-state index is 0.205. The van der Waals surface area contributed by atoms with Gasteiger partial charge in [0.25, 0.3) is 0 Å². The molecule has 2 rings (SSSR count). The van der Waals surface area contributed by atoms with Crippen molar-refractivity contribution in [3.05, 3.63) is 18.3 Å². The molecule has 2 heterocycles. The van der Waals surface area contributed by atoms with Gasteiger partial charge in [0.2, 0.25) is 10.0 Å². The molecule has 0 bridgehead atoms. The van der Waals surface area contributed by atoms with Gasteiger partial charge in [-0.3, -0.25) is 0 Å². The molecule has 1 N–H and O–H groups in total. The number of ether oxygens (including phenoxy) is 1. The van der Waals surface area contributed by atoms with Crippen LogP contribution in [0.4, 0.5) is 5.82 Å². The normalized spacial score (nSPS) is 18.7. The second kappa shape index (κ2) is 6.72. The average molecular weight is 313 g/mol. The van der Waals surface area contributed by atoms with Crippen LogP contribution in [0, 0.1) is 5.92 Å². The van der Waals surface area contributed by atoms with Crippen molar-refractivity contribution in [2.24, 2.45) is 5.92 Å². The van der Waals surface area contributed by atoms with Gasteiger partial charge in [0.05, 0.1) is 0 Å². The lowest BCUT2D eigenvalue weighted by Crippen LogP contribution is -2.31. The molecule has 0 radical (unpaired) electrons. The van der Waals surface area contributed by atoms with E-state index in [1.165, 1.54) is 24.6 Å². The summed E-state index contributed by atoms with van der Waals surface area (Å²) in [7, 11) is -0.399. The first-order chi connectivity index (χ1) is 9.91. The third-order valence-electron chi connectivity index (χ3n) is 3.86. The maximum Gasteiger partial charge on any atom is 0.244 e. The number of sulfonamides is 1. The molecule has 1 aliphatic rings. The molecule has 1 aromatic heterocycles. The maximum absolute atomic E-state index is 12.0. The number of nitrogens with zero attached hydrogens (tertiary/aromatic N) is 2. The van der Waals surface area contributed by atoms with E-state index < -0.39 is 10.0 Å². The lowest BCUT2D eigenvalue weighted by atomic mass is 9.93. The molecule has 1 saturated heterocycles. The Morgan fingerprint density at radius 2 is 2.00 bits per heavy atom. The molecule has 118 valence electrons. The predicted octanol–water partition coefficient (Wildman–Crippen LogP) is 1.56. The number of anilines is 1. The van der Waals surface area contributed by atoms with Gasteiger partial charge < -0.3 is 10.1 Å². The van der Waals surface area contributed by atoms with E-state index in [1.807, 2.05) is 0 Å². The Labute approximate surface area is 126 Å². The number of nitrogens with one attached hydrogen (secondary N) is 1. The van der Waals surface area contributed by atoms with Crippen LogP contribution >= 0.6 is 0 Å². The number of hydrogen-bond donors (Lipinski definition) is 1. The van der Waals surface area contributed by atoms with Crippen molar-refractivity contribution in [2.45, 2.75) is 30.7 Å². The van der Waals surface area contributed by atoms with Crippen molar-refractivity contribution in [2.75, 3.05) is 32.6 Å². The molecule has 6 nitrogen and oxygen atoms in total. The molecule has 21 heavy (non-hydrogen) atoms. The lowest BCUT2D eigenvalue weighted by Gasteiger charge is -2.28. The van der Waals surface area contributed by atoms with Gasteiger partial charge in [0, 0.05) is 39.5 Å². The van der Waals surface area contributed by atoms with Crippen LogP contribution in [0.3, 0.4) is 0 Å². The van der Waals surface area contributed by atoms with Gasteiger partial charge in [-0.2, -0.15) is 0 Å². The van der Waals surface area contributed by atoms with Crippen LogP contribution in [0.1, 0.15) is 19.8 Å². The molecule has 1 unspecified atom stereocenters. The summed E-state index contributed by atoms with van der Waals surface area (Å²) in [6.45, 7) is 3.75. The summed E-state index contributed by atoms with van der Waals surface area (Å²) < 4.78 is 30.5. The summed E-state index contributed by atoms with van der Waals surface area (Å²) in [5.41, 5.74) is 0. The number of hydrogen-bond acceptors (Lipinski definition) is 5. The summed E-state index contributed by atoms with van der Waals surface area (Å²) >= 11 is 0. The number of pyridine rings is 1. The molecule has 7 heteroatoms. The van der Waals surface area contributed by atoms with Crippen molar-refractivity contribution < 1.29 is 13.2 Å². The summed E-state index contributed by atoms with van der Waals surface area (Å²) in [4.78, 5) is 4.42. The van der Waals surface area contributed by atoms with E-state index in [4.69, 9.17) is 4.74 Å². The van der Waals surface area contributed by atoms with Crippen molar-refractivity contribution in [3.63, 3.8) is 0 Å². The second-order valence-electron chi connectivity index (χ2n) is 5.55. The van der Waals surface area contributed by atoms with Gasteiger partial charge in [-0.15, -0.1) is 0 Å². The van der Waals surface area contributed by atoms with Crippen LogP contribution in [0.25, 0.3) is 0 Å². The van der Waals surface area contributed by atoms with Crippen LogP contribution < -0.4 is 5.32 Å². The van der Waals surface area contributed by atoms with Crippen molar-refractivity contribution in [1.82, 2.24) is 9.29 Å². The van der Waals surface area contributed by atoms with Crippen molar-refractivity contribution in [1.29, 1.82) is 0 Å². The van der Waals surface area contributed by atoms with Gasteiger partial charge in [-0.1, -0.05) is 0 Å².